The minimum absolute atomic E-state index is 0.00387. The van der Waals surface area contributed by atoms with Gasteiger partial charge in [-0.3, -0.25) is 9.59 Å². The second-order valence-electron chi connectivity index (χ2n) is 8.36. The van der Waals surface area contributed by atoms with Crippen molar-refractivity contribution in [2.24, 2.45) is 13.0 Å². The lowest BCUT2D eigenvalue weighted by Crippen LogP contribution is -2.51. The van der Waals surface area contributed by atoms with E-state index in [9.17, 15) is 9.59 Å². The molecule has 160 valence electrons. The first kappa shape index (κ1) is 19.5. The molecular formula is C23H25N5O3. The summed E-state index contributed by atoms with van der Waals surface area (Å²) in [7, 11) is 3.21. The molecule has 0 N–H and O–H groups in total. The third kappa shape index (κ3) is 3.41. The number of amides is 1. The molecule has 0 saturated carbocycles. The molecule has 31 heavy (non-hydrogen) atoms. The van der Waals surface area contributed by atoms with Gasteiger partial charge in [-0.2, -0.15) is 4.98 Å². The SMILES string of the molecule is COc1nc(C(=O)N2C[C@H]3C[C@@H](C2)[C@H](Cc2ccccc2)n2c3cccc2=O)nn1C. The number of likely N-dealkylation sites (tertiary alicyclic amines) is 1. The molecule has 2 aliphatic heterocycles. The van der Waals surface area contributed by atoms with Crippen molar-refractivity contribution < 1.29 is 9.53 Å². The molecule has 0 spiro atoms. The van der Waals surface area contributed by atoms with Crippen LogP contribution in [0.1, 0.15) is 40.3 Å². The van der Waals surface area contributed by atoms with E-state index in [2.05, 4.69) is 22.2 Å². The van der Waals surface area contributed by atoms with E-state index in [0.29, 0.717) is 19.1 Å². The maximum atomic E-state index is 13.2. The summed E-state index contributed by atoms with van der Waals surface area (Å²) >= 11 is 0. The van der Waals surface area contributed by atoms with E-state index in [0.717, 1.165) is 18.5 Å². The van der Waals surface area contributed by atoms with E-state index < -0.39 is 0 Å². The molecule has 5 rings (SSSR count). The van der Waals surface area contributed by atoms with Crippen molar-refractivity contribution in [2.75, 3.05) is 20.2 Å². The zero-order valence-corrected chi connectivity index (χ0v) is 17.6. The van der Waals surface area contributed by atoms with E-state index in [-0.39, 0.29) is 35.2 Å². The largest absolute Gasteiger partial charge is 0.467 e. The number of fused-ring (bicyclic) bond motifs is 4. The molecule has 8 heteroatoms. The lowest BCUT2D eigenvalue weighted by molar-refractivity contribution is 0.0517. The number of carbonyl (C=O) groups excluding carboxylic acids is 1. The van der Waals surface area contributed by atoms with Crippen LogP contribution in [0.15, 0.2) is 53.3 Å². The van der Waals surface area contributed by atoms with Gasteiger partial charge in [0.25, 0.3) is 11.5 Å². The summed E-state index contributed by atoms with van der Waals surface area (Å²) in [6.07, 6.45) is 1.72. The lowest BCUT2D eigenvalue weighted by atomic mass is 9.76. The number of nitrogens with zero attached hydrogens (tertiary/aromatic N) is 5. The number of pyridine rings is 1. The first-order valence-corrected chi connectivity index (χ1v) is 10.5. The molecule has 3 atom stereocenters. The van der Waals surface area contributed by atoms with E-state index >= 15 is 0 Å². The topological polar surface area (TPSA) is 82.2 Å². The maximum Gasteiger partial charge on any atom is 0.314 e. The van der Waals surface area contributed by atoms with Gasteiger partial charge in [0.15, 0.2) is 0 Å². The Bertz CT molecular complexity index is 1170. The molecule has 4 heterocycles. The van der Waals surface area contributed by atoms with E-state index in [1.54, 1.807) is 13.1 Å². The Morgan fingerprint density at radius 3 is 2.68 bits per heavy atom. The van der Waals surface area contributed by atoms with E-state index in [1.165, 1.54) is 17.4 Å². The van der Waals surface area contributed by atoms with Crippen LogP contribution in [-0.2, 0) is 13.5 Å². The molecule has 2 aromatic heterocycles. The average Bonchev–Trinajstić information content (AvgIpc) is 3.17. The number of aromatic nitrogens is 4. The average molecular weight is 419 g/mol. The summed E-state index contributed by atoms with van der Waals surface area (Å²) in [5.41, 5.74) is 2.23. The van der Waals surface area contributed by atoms with Gasteiger partial charge in [0, 0.05) is 43.9 Å². The highest BCUT2D eigenvalue weighted by atomic mass is 16.5. The third-order valence-corrected chi connectivity index (χ3v) is 6.47. The molecule has 0 aliphatic carbocycles. The second-order valence-corrected chi connectivity index (χ2v) is 8.36. The Morgan fingerprint density at radius 2 is 1.94 bits per heavy atom. The predicted octanol–water partition coefficient (Wildman–Crippen LogP) is 2.03. The Morgan fingerprint density at radius 1 is 1.13 bits per heavy atom. The highest BCUT2D eigenvalue weighted by molar-refractivity contribution is 5.90. The van der Waals surface area contributed by atoms with Crippen molar-refractivity contribution >= 4 is 5.91 Å². The normalized spacial score (nSPS) is 22.1. The first-order valence-electron chi connectivity index (χ1n) is 10.5. The van der Waals surface area contributed by atoms with Crippen molar-refractivity contribution in [3.63, 3.8) is 0 Å². The van der Waals surface area contributed by atoms with Crippen LogP contribution >= 0.6 is 0 Å². The fourth-order valence-corrected chi connectivity index (χ4v) is 5.11. The van der Waals surface area contributed by atoms with Gasteiger partial charge in [-0.25, -0.2) is 4.68 Å². The van der Waals surface area contributed by atoms with Crippen molar-refractivity contribution in [3.05, 3.63) is 76.0 Å². The van der Waals surface area contributed by atoms with Crippen LogP contribution in [-0.4, -0.2) is 50.3 Å². The summed E-state index contributed by atoms with van der Waals surface area (Å²) < 4.78 is 8.59. The number of aryl methyl sites for hydroxylation is 1. The molecule has 2 bridgehead atoms. The predicted molar refractivity (Wildman–Crippen MR) is 114 cm³/mol. The smallest absolute Gasteiger partial charge is 0.314 e. The van der Waals surface area contributed by atoms with Crippen molar-refractivity contribution in [1.29, 1.82) is 0 Å². The van der Waals surface area contributed by atoms with E-state index in [4.69, 9.17) is 4.74 Å². The quantitative estimate of drug-likeness (QED) is 0.646. The minimum Gasteiger partial charge on any atom is -0.467 e. The van der Waals surface area contributed by atoms with Gasteiger partial charge < -0.3 is 14.2 Å². The zero-order chi connectivity index (χ0) is 21.5. The fraction of sp³-hybridized carbons (Fsp3) is 0.391. The van der Waals surface area contributed by atoms with Gasteiger partial charge in [-0.05, 0) is 30.4 Å². The van der Waals surface area contributed by atoms with Crippen LogP contribution in [0, 0.1) is 5.92 Å². The zero-order valence-electron chi connectivity index (χ0n) is 17.6. The molecule has 0 radical (unpaired) electrons. The molecule has 1 saturated heterocycles. The molecule has 3 aromatic rings. The monoisotopic (exact) mass is 419 g/mol. The number of benzene rings is 1. The number of rotatable bonds is 4. The second kappa shape index (κ2) is 7.68. The fourth-order valence-electron chi connectivity index (χ4n) is 5.11. The number of methoxy groups -OCH3 is 1. The van der Waals surface area contributed by atoms with Crippen LogP contribution in [0.4, 0.5) is 0 Å². The van der Waals surface area contributed by atoms with Crippen molar-refractivity contribution in [2.45, 2.75) is 24.8 Å². The number of piperidine rings is 1. The highest BCUT2D eigenvalue weighted by Crippen LogP contribution is 2.42. The summed E-state index contributed by atoms with van der Waals surface area (Å²) in [5, 5.41) is 4.23. The Kier molecular flexibility index (Phi) is 4.84. The van der Waals surface area contributed by atoms with Crippen LogP contribution in [0.5, 0.6) is 6.01 Å². The molecule has 1 amide bonds. The number of ether oxygens (including phenoxy) is 1. The molecule has 8 nitrogen and oxygen atoms in total. The Balaban J connectivity index is 1.50. The van der Waals surface area contributed by atoms with Gasteiger partial charge in [0.2, 0.25) is 5.82 Å². The maximum absolute atomic E-state index is 13.2. The van der Waals surface area contributed by atoms with Gasteiger partial charge in [-0.1, -0.05) is 36.4 Å². The van der Waals surface area contributed by atoms with Crippen LogP contribution in [0.25, 0.3) is 0 Å². The number of carbonyl (C=O) groups is 1. The molecule has 1 aromatic carbocycles. The van der Waals surface area contributed by atoms with Crippen LogP contribution < -0.4 is 10.3 Å². The summed E-state index contributed by atoms with van der Waals surface area (Å²) in [6, 6.07) is 16.0. The van der Waals surface area contributed by atoms with Gasteiger partial charge in [0.05, 0.1) is 7.11 Å². The minimum atomic E-state index is -0.196. The number of hydrogen-bond donors (Lipinski definition) is 0. The summed E-state index contributed by atoms with van der Waals surface area (Å²) in [6.45, 7) is 1.13. The van der Waals surface area contributed by atoms with Crippen LogP contribution in [0.3, 0.4) is 0 Å². The van der Waals surface area contributed by atoms with E-state index in [1.807, 2.05) is 39.8 Å². The summed E-state index contributed by atoms with van der Waals surface area (Å²) in [4.78, 5) is 32.1. The molecule has 1 fully saturated rings. The third-order valence-electron chi connectivity index (χ3n) is 6.47. The van der Waals surface area contributed by atoms with Gasteiger partial charge in [-0.15, -0.1) is 5.10 Å². The van der Waals surface area contributed by atoms with Crippen molar-refractivity contribution in [1.82, 2.24) is 24.2 Å². The lowest BCUT2D eigenvalue weighted by Gasteiger charge is -2.46. The molecule has 0 unspecified atom stereocenters. The van der Waals surface area contributed by atoms with Crippen LogP contribution in [0.2, 0.25) is 0 Å². The molecule has 2 aliphatic rings. The standard InChI is InChI=1S/C23H25N5O3/c1-26-23(31-2)24-21(25-26)22(30)27-13-16-12-17(14-27)19(11-15-7-4-3-5-8-15)28-18(16)9-6-10-20(28)29/h3-10,16-17,19H,11-14H2,1-2H3/t16-,17+,19+/m1/s1. The molecular weight excluding hydrogens is 394 g/mol. The Hall–Kier alpha value is -3.42. The Labute approximate surface area is 180 Å². The highest BCUT2D eigenvalue weighted by Gasteiger charge is 2.42. The first-order chi connectivity index (χ1) is 15.0. The van der Waals surface area contributed by atoms with Gasteiger partial charge in [0.1, 0.15) is 0 Å². The van der Waals surface area contributed by atoms with Crippen molar-refractivity contribution in [3.8, 4) is 6.01 Å². The van der Waals surface area contributed by atoms with Gasteiger partial charge >= 0.3 is 6.01 Å². The summed E-state index contributed by atoms with van der Waals surface area (Å²) in [5.74, 6) is 0.249. The number of hydrogen-bond acceptors (Lipinski definition) is 5.